The molecule has 0 bridgehead atoms. The summed E-state index contributed by atoms with van der Waals surface area (Å²) in [6.07, 6.45) is 13.6. The van der Waals surface area contributed by atoms with Gasteiger partial charge in [-0.1, -0.05) is 40.0 Å². The largest absolute Gasteiger partial charge is 0.260 e. The third-order valence-corrected chi connectivity index (χ3v) is 7.96. The first-order valence-corrected chi connectivity index (χ1v) is 9.95. The molecule has 0 aliphatic heterocycles. The Hall–Kier alpha value is -0.570. The SMILES string of the molecule is CCCCS(CCCC)(CCCC)c1cnccn1. The fraction of sp³-hybridized carbons (Fsp3) is 0.750. The standard InChI is InChI=1S/C16H30N2S/c1-4-7-12-19(13-8-5-2,14-9-6-3)16-15-17-10-11-18-16/h10-11,15H,4-9,12-14H2,1-3H3. The molecule has 0 fully saturated rings. The van der Waals surface area contributed by atoms with E-state index in [9.17, 15) is 0 Å². The summed E-state index contributed by atoms with van der Waals surface area (Å²) in [5.41, 5.74) is 0. The average Bonchev–Trinajstić information content (AvgIpc) is 2.48. The summed E-state index contributed by atoms with van der Waals surface area (Å²) in [6, 6.07) is 0. The highest BCUT2D eigenvalue weighted by molar-refractivity contribution is 8.33. The minimum Gasteiger partial charge on any atom is -0.260 e. The van der Waals surface area contributed by atoms with Crippen molar-refractivity contribution in [3.8, 4) is 0 Å². The Morgan fingerprint density at radius 2 is 1.37 bits per heavy atom. The summed E-state index contributed by atoms with van der Waals surface area (Å²) in [7, 11) is -0.735. The Morgan fingerprint density at radius 3 is 1.74 bits per heavy atom. The molecule has 0 amide bonds. The van der Waals surface area contributed by atoms with Gasteiger partial charge in [0.1, 0.15) is 0 Å². The highest BCUT2D eigenvalue weighted by Crippen LogP contribution is 2.56. The van der Waals surface area contributed by atoms with Gasteiger partial charge in [-0.05, 0) is 36.5 Å². The molecular weight excluding hydrogens is 252 g/mol. The van der Waals surface area contributed by atoms with E-state index in [0.717, 1.165) is 0 Å². The van der Waals surface area contributed by atoms with E-state index in [4.69, 9.17) is 0 Å². The molecule has 3 heteroatoms. The first kappa shape index (κ1) is 16.5. The van der Waals surface area contributed by atoms with Gasteiger partial charge in [-0.3, -0.25) is 4.98 Å². The van der Waals surface area contributed by atoms with Crippen LogP contribution in [0.2, 0.25) is 0 Å². The lowest BCUT2D eigenvalue weighted by Gasteiger charge is -2.39. The van der Waals surface area contributed by atoms with Crippen molar-refractivity contribution in [2.45, 2.75) is 64.3 Å². The number of hydrogen-bond acceptors (Lipinski definition) is 2. The maximum Gasteiger partial charge on any atom is 0.0974 e. The first-order valence-electron chi connectivity index (χ1n) is 7.81. The Morgan fingerprint density at radius 1 is 0.842 bits per heavy atom. The van der Waals surface area contributed by atoms with E-state index >= 15 is 0 Å². The topological polar surface area (TPSA) is 25.8 Å². The van der Waals surface area contributed by atoms with E-state index < -0.39 is 10.0 Å². The number of hydrogen-bond donors (Lipinski definition) is 0. The van der Waals surface area contributed by atoms with E-state index in [0.29, 0.717) is 0 Å². The van der Waals surface area contributed by atoms with Gasteiger partial charge in [0.05, 0.1) is 11.2 Å². The van der Waals surface area contributed by atoms with Crippen molar-refractivity contribution in [3.63, 3.8) is 0 Å². The van der Waals surface area contributed by atoms with Gasteiger partial charge in [0.2, 0.25) is 0 Å². The van der Waals surface area contributed by atoms with Crippen molar-refractivity contribution in [3.05, 3.63) is 18.6 Å². The summed E-state index contributed by atoms with van der Waals surface area (Å²) in [6.45, 7) is 6.88. The molecule has 0 N–H and O–H groups in total. The maximum atomic E-state index is 4.68. The van der Waals surface area contributed by atoms with Crippen LogP contribution in [0.1, 0.15) is 59.3 Å². The minimum absolute atomic E-state index is 0.735. The molecular formula is C16H30N2S. The fourth-order valence-electron chi connectivity index (χ4n) is 2.39. The maximum absolute atomic E-state index is 4.68. The highest BCUT2D eigenvalue weighted by Gasteiger charge is 2.26. The third-order valence-electron chi connectivity index (χ3n) is 3.65. The molecule has 0 spiro atoms. The summed E-state index contributed by atoms with van der Waals surface area (Å²) in [5.74, 6) is 4.05. The van der Waals surface area contributed by atoms with Gasteiger partial charge in [-0.25, -0.2) is 4.98 Å². The van der Waals surface area contributed by atoms with Crippen LogP contribution in [0.25, 0.3) is 0 Å². The number of nitrogens with zero attached hydrogens (tertiary/aromatic N) is 2. The summed E-state index contributed by atoms with van der Waals surface area (Å²) < 4.78 is 0. The molecule has 0 radical (unpaired) electrons. The van der Waals surface area contributed by atoms with E-state index in [1.165, 1.54) is 60.8 Å². The summed E-state index contributed by atoms with van der Waals surface area (Å²) in [5, 5.41) is 1.31. The Bertz CT molecular complexity index is 305. The van der Waals surface area contributed by atoms with Crippen molar-refractivity contribution < 1.29 is 0 Å². The molecule has 0 atom stereocenters. The molecule has 1 rings (SSSR count). The van der Waals surface area contributed by atoms with E-state index in [1.54, 1.807) is 6.20 Å². The van der Waals surface area contributed by atoms with Crippen LogP contribution in [-0.2, 0) is 0 Å². The predicted octanol–water partition coefficient (Wildman–Crippen LogP) is 5.04. The summed E-state index contributed by atoms with van der Waals surface area (Å²) in [4.78, 5) is 9.02. The molecule has 1 aromatic rings. The van der Waals surface area contributed by atoms with E-state index in [-0.39, 0.29) is 0 Å². The molecule has 0 saturated heterocycles. The number of rotatable bonds is 10. The van der Waals surface area contributed by atoms with Crippen LogP contribution >= 0.6 is 10.0 Å². The van der Waals surface area contributed by atoms with Crippen LogP contribution in [0.15, 0.2) is 23.6 Å². The Balaban J connectivity index is 2.94. The molecule has 1 aromatic heterocycles. The molecule has 0 aliphatic carbocycles. The molecule has 0 aromatic carbocycles. The van der Waals surface area contributed by atoms with Gasteiger partial charge in [0.15, 0.2) is 0 Å². The van der Waals surface area contributed by atoms with Crippen LogP contribution in [0.5, 0.6) is 0 Å². The minimum atomic E-state index is -0.735. The zero-order valence-corrected chi connectivity index (χ0v) is 13.7. The summed E-state index contributed by atoms with van der Waals surface area (Å²) >= 11 is 0. The van der Waals surface area contributed by atoms with Crippen LogP contribution in [-0.4, -0.2) is 27.2 Å². The molecule has 0 aliphatic rings. The van der Waals surface area contributed by atoms with Crippen molar-refractivity contribution in [2.24, 2.45) is 0 Å². The van der Waals surface area contributed by atoms with Crippen LogP contribution < -0.4 is 0 Å². The van der Waals surface area contributed by atoms with E-state index in [2.05, 4.69) is 30.7 Å². The van der Waals surface area contributed by atoms with Crippen molar-refractivity contribution >= 4 is 10.0 Å². The average molecular weight is 282 g/mol. The normalized spacial score (nSPS) is 12.6. The predicted molar refractivity (Wildman–Crippen MR) is 87.2 cm³/mol. The zero-order chi connectivity index (χ0) is 14.0. The van der Waals surface area contributed by atoms with Crippen molar-refractivity contribution in [1.29, 1.82) is 0 Å². The smallest absolute Gasteiger partial charge is 0.0974 e. The molecule has 19 heavy (non-hydrogen) atoms. The number of unbranched alkanes of at least 4 members (excludes halogenated alkanes) is 3. The third kappa shape index (κ3) is 5.13. The van der Waals surface area contributed by atoms with Crippen molar-refractivity contribution in [2.75, 3.05) is 17.3 Å². The molecule has 110 valence electrons. The van der Waals surface area contributed by atoms with Gasteiger partial charge in [0, 0.05) is 12.4 Å². The van der Waals surface area contributed by atoms with Gasteiger partial charge in [-0.15, -0.1) is 0 Å². The van der Waals surface area contributed by atoms with Crippen LogP contribution in [0, 0.1) is 0 Å². The Kier molecular flexibility index (Phi) is 8.11. The lowest BCUT2D eigenvalue weighted by molar-refractivity contribution is 0.837. The second-order valence-corrected chi connectivity index (χ2v) is 9.00. The van der Waals surface area contributed by atoms with Crippen molar-refractivity contribution in [1.82, 2.24) is 9.97 Å². The van der Waals surface area contributed by atoms with Gasteiger partial charge < -0.3 is 0 Å². The quantitative estimate of drug-likeness (QED) is 0.601. The molecule has 0 saturated carbocycles. The second kappa shape index (κ2) is 9.35. The Labute approximate surface area is 120 Å². The van der Waals surface area contributed by atoms with E-state index in [1.807, 2.05) is 12.4 Å². The lowest BCUT2D eigenvalue weighted by Crippen LogP contribution is -2.16. The number of aromatic nitrogens is 2. The molecule has 1 heterocycles. The fourth-order valence-corrected chi connectivity index (χ4v) is 6.72. The lowest BCUT2D eigenvalue weighted by atomic mass is 10.4. The zero-order valence-electron chi connectivity index (χ0n) is 12.9. The van der Waals surface area contributed by atoms with Gasteiger partial charge in [-0.2, -0.15) is 10.0 Å². The molecule has 0 unspecified atom stereocenters. The first-order chi connectivity index (χ1) is 9.29. The second-order valence-electron chi connectivity index (χ2n) is 5.26. The van der Waals surface area contributed by atoms with Crippen LogP contribution in [0.4, 0.5) is 0 Å². The van der Waals surface area contributed by atoms with Crippen LogP contribution in [0.3, 0.4) is 0 Å². The molecule has 2 nitrogen and oxygen atoms in total. The monoisotopic (exact) mass is 282 g/mol. The van der Waals surface area contributed by atoms with Gasteiger partial charge >= 0.3 is 0 Å². The van der Waals surface area contributed by atoms with Gasteiger partial charge in [0.25, 0.3) is 0 Å². The highest BCUT2D eigenvalue weighted by atomic mass is 32.3.